The van der Waals surface area contributed by atoms with Gasteiger partial charge in [-0.1, -0.05) is 37.3 Å². The molecule has 0 aliphatic carbocycles. The molecular formula is C18H23N3O6. The second kappa shape index (κ2) is 8.63. The van der Waals surface area contributed by atoms with Crippen LogP contribution in [-0.2, 0) is 25.7 Å². The van der Waals surface area contributed by atoms with Crippen LogP contribution in [-0.4, -0.2) is 64.1 Å². The maximum absolute atomic E-state index is 12.5. The van der Waals surface area contributed by atoms with Gasteiger partial charge in [-0.15, -0.1) is 0 Å². The molecule has 1 aliphatic rings. The van der Waals surface area contributed by atoms with E-state index in [2.05, 4.69) is 5.32 Å². The third kappa shape index (κ3) is 4.43. The Kier molecular flexibility index (Phi) is 6.51. The number of ether oxygens (including phenoxy) is 1. The van der Waals surface area contributed by atoms with Crippen LogP contribution in [0.25, 0.3) is 0 Å². The van der Waals surface area contributed by atoms with Crippen molar-refractivity contribution in [3.8, 4) is 0 Å². The first-order valence-electron chi connectivity index (χ1n) is 8.68. The quantitative estimate of drug-likeness (QED) is 0.536. The zero-order chi connectivity index (χ0) is 20.0. The standard InChI is InChI=1S/C18H23N3O6/c1-3-18(16(24)25,27-12-13-8-6-5-7-9-13)19-17(26)21-11-10-20(4-2)14(22)15(21)23/h5-9H,3-4,10-12H2,1-2H3,(H,19,26)(H,24,25). The fourth-order valence-corrected chi connectivity index (χ4v) is 2.68. The largest absolute Gasteiger partial charge is 0.478 e. The van der Waals surface area contributed by atoms with Gasteiger partial charge >= 0.3 is 23.8 Å². The lowest BCUT2D eigenvalue weighted by Gasteiger charge is -2.35. The van der Waals surface area contributed by atoms with Crippen molar-refractivity contribution >= 4 is 23.8 Å². The van der Waals surface area contributed by atoms with Crippen LogP contribution in [0.5, 0.6) is 0 Å². The van der Waals surface area contributed by atoms with Crippen molar-refractivity contribution < 1.29 is 29.0 Å². The molecule has 1 aromatic rings. The smallest absolute Gasteiger partial charge is 0.357 e. The van der Waals surface area contributed by atoms with Crippen molar-refractivity contribution in [3.05, 3.63) is 35.9 Å². The highest BCUT2D eigenvalue weighted by Crippen LogP contribution is 2.18. The van der Waals surface area contributed by atoms with Crippen LogP contribution in [0.15, 0.2) is 30.3 Å². The monoisotopic (exact) mass is 377 g/mol. The average molecular weight is 377 g/mol. The summed E-state index contributed by atoms with van der Waals surface area (Å²) in [6.45, 7) is 3.77. The molecule has 9 nitrogen and oxygen atoms in total. The Morgan fingerprint density at radius 3 is 2.37 bits per heavy atom. The second-order valence-corrected chi connectivity index (χ2v) is 6.03. The molecule has 0 saturated carbocycles. The van der Waals surface area contributed by atoms with Gasteiger partial charge in [0, 0.05) is 26.1 Å². The minimum atomic E-state index is -2.02. The lowest BCUT2D eigenvalue weighted by Crippen LogP contribution is -2.64. The molecule has 1 saturated heterocycles. The fourth-order valence-electron chi connectivity index (χ4n) is 2.68. The molecule has 9 heteroatoms. The summed E-state index contributed by atoms with van der Waals surface area (Å²) in [4.78, 5) is 50.5. The number of piperazine rings is 1. The number of carboxylic acid groups (broad SMARTS) is 1. The van der Waals surface area contributed by atoms with E-state index in [4.69, 9.17) is 4.74 Å². The SMILES string of the molecule is CCN1CCN(C(=O)NC(CC)(OCc2ccccc2)C(=O)O)C(=O)C1=O. The zero-order valence-corrected chi connectivity index (χ0v) is 15.3. The molecule has 1 heterocycles. The summed E-state index contributed by atoms with van der Waals surface area (Å²) in [5, 5.41) is 11.9. The highest BCUT2D eigenvalue weighted by molar-refractivity contribution is 6.38. The van der Waals surface area contributed by atoms with E-state index in [0.717, 1.165) is 5.56 Å². The van der Waals surface area contributed by atoms with Gasteiger partial charge in [0.1, 0.15) is 0 Å². The predicted molar refractivity (Wildman–Crippen MR) is 94.4 cm³/mol. The Hall–Kier alpha value is -2.94. The normalized spacial score (nSPS) is 16.8. The zero-order valence-electron chi connectivity index (χ0n) is 15.3. The Labute approximate surface area is 156 Å². The van der Waals surface area contributed by atoms with Gasteiger partial charge in [0.05, 0.1) is 6.61 Å². The summed E-state index contributed by atoms with van der Waals surface area (Å²) in [6, 6.07) is 7.92. The van der Waals surface area contributed by atoms with Crippen molar-refractivity contribution in [2.75, 3.05) is 19.6 Å². The summed E-state index contributed by atoms with van der Waals surface area (Å²) >= 11 is 0. The van der Waals surface area contributed by atoms with E-state index in [9.17, 15) is 24.3 Å². The molecule has 4 amide bonds. The number of amides is 4. The van der Waals surface area contributed by atoms with Crippen LogP contribution >= 0.6 is 0 Å². The number of carboxylic acids is 1. The first-order valence-corrected chi connectivity index (χ1v) is 8.68. The third-order valence-electron chi connectivity index (χ3n) is 4.42. The summed E-state index contributed by atoms with van der Waals surface area (Å²) in [5.41, 5.74) is -1.29. The third-order valence-corrected chi connectivity index (χ3v) is 4.42. The van der Waals surface area contributed by atoms with Gasteiger partial charge in [0.2, 0.25) is 5.72 Å². The van der Waals surface area contributed by atoms with Crippen LogP contribution in [0.3, 0.4) is 0 Å². The second-order valence-electron chi connectivity index (χ2n) is 6.03. The Balaban J connectivity index is 2.13. The van der Waals surface area contributed by atoms with Gasteiger partial charge < -0.3 is 14.7 Å². The van der Waals surface area contributed by atoms with E-state index in [0.29, 0.717) is 11.4 Å². The first kappa shape index (κ1) is 20.4. The molecule has 0 spiro atoms. The van der Waals surface area contributed by atoms with Crippen LogP contribution in [0, 0.1) is 0 Å². The fraction of sp³-hybridized carbons (Fsp3) is 0.444. The number of imide groups is 1. The van der Waals surface area contributed by atoms with Gasteiger partial charge in [0.15, 0.2) is 0 Å². The first-order chi connectivity index (χ1) is 12.8. The van der Waals surface area contributed by atoms with Gasteiger partial charge in [-0.25, -0.2) is 9.59 Å². The summed E-state index contributed by atoms with van der Waals surface area (Å²) in [6.07, 6.45) is -0.0715. The Morgan fingerprint density at radius 2 is 1.81 bits per heavy atom. The predicted octanol–water partition coefficient (Wildman–Crippen LogP) is 0.794. The van der Waals surface area contributed by atoms with Gasteiger partial charge in [-0.3, -0.25) is 19.8 Å². The lowest BCUT2D eigenvalue weighted by molar-refractivity contribution is -0.173. The van der Waals surface area contributed by atoms with E-state index in [1.165, 1.54) is 4.90 Å². The van der Waals surface area contributed by atoms with E-state index >= 15 is 0 Å². The molecule has 1 aliphatic heterocycles. The molecule has 1 fully saturated rings. The lowest BCUT2D eigenvalue weighted by atomic mass is 10.1. The number of urea groups is 1. The maximum Gasteiger partial charge on any atom is 0.357 e. The molecule has 0 bridgehead atoms. The number of carbonyl (C=O) groups excluding carboxylic acids is 3. The molecule has 27 heavy (non-hydrogen) atoms. The van der Waals surface area contributed by atoms with Crippen LogP contribution in [0.1, 0.15) is 25.8 Å². The molecule has 0 radical (unpaired) electrons. The summed E-state index contributed by atoms with van der Waals surface area (Å²) < 4.78 is 5.53. The van der Waals surface area contributed by atoms with Gasteiger partial charge in [0.25, 0.3) is 0 Å². The van der Waals surface area contributed by atoms with E-state index in [1.807, 2.05) is 6.07 Å². The molecular weight excluding hydrogens is 354 g/mol. The van der Waals surface area contributed by atoms with Crippen molar-refractivity contribution in [1.82, 2.24) is 15.1 Å². The molecule has 1 unspecified atom stereocenters. The van der Waals surface area contributed by atoms with Crippen molar-refractivity contribution in [2.45, 2.75) is 32.6 Å². The Bertz CT molecular complexity index is 723. The minimum Gasteiger partial charge on any atom is -0.478 e. The van der Waals surface area contributed by atoms with Crippen molar-refractivity contribution in [3.63, 3.8) is 0 Å². The van der Waals surface area contributed by atoms with Gasteiger partial charge in [-0.05, 0) is 12.5 Å². The van der Waals surface area contributed by atoms with Gasteiger partial charge in [-0.2, -0.15) is 0 Å². The number of nitrogens with one attached hydrogen (secondary N) is 1. The number of carbonyl (C=O) groups is 4. The molecule has 1 aromatic carbocycles. The molecule has 146 valence electrons. The molecule has 2 N–H and O–H groups in total. The number of aliphatic carboxylic acids is 1. The maximum atomic E-state index is 12.5. The Morgan fingerprint density at radius 1 is 1.15 bits per heavy atom. The number of hydrogen-bond donors (Lipinski definition) is 2. The van der Waals surface area contributed by atoms with Crippen molar-refractivity contribution in [1.29, 1.82) is 0 Å². The molecule has 1 atom stereocenters. The summed E-state index contributed by atoms with van der Waals surface area (Å²) in [7, 11) is 0. The molecule has 2 rings (SSSR count). The number of nitrogens with zero attached hydrogens (tertiary/aromatic N) is 2. The highest BCUT2D eigenvalue weighted by Gasteiger charge is 2.43. The highest BCUT2D eigenvalue weighted by atomic mass is 16.5. The van der Waals surface area contributed by atoms with Crippen molar-refractivity contribution in [2.24, 2.45) is 0 Å². The van der Waals surface area contributed by atoms with E-state index < -0.39 is 29.5 Å². The average Bonchev–Trinajstić information content (AvgIpc) is 2.67. The number of likely N-dealkylation sites (N-methyl/N-ethyl adjacent to an activating group) is 1. The number of rotatable bonds is 7. The number of hydrogen-bond acceptors (Lipinski definition) is 5. The van der Waals surface area contributed by atoms with Crippen LogP contribution < -0.4 is 5.32 Å². The van der Waals surface area contributed by atoms with E-state index in [1.54, 1.807) is 38.1 Å². The molecule has 0 aromatic heterocycles. The van der Waals surface area contributed by atoms with Crippen LogP contribution in [0.2, 0.25) is 0 Å². The van der Waals surface area contributed by atoms with E-state index in [-0.39, 0.29) is 26.1 Å². The number of benzene rings is 1. The summed E-state index contributed by atoms with van der Waals surface area (Å²) in [5.74, 6) is -3.17. The van der Waals surface area contributed by atoms with Crippen LogP contribution in [0.4, 0.5) is 4.79 Å². The minimum absolute atomic E-state index is 0.0116. The topological polar surface area (TPSA) is 116 Å².